The Morgan fingerprint density at radius 2 is 1.78 bits per heavy atom. The molecule has 3 rings (SSSR count). The van der Waals surface area contributed by atoms with Crippen LogP contribution in [0, 0.1) is 5.82 Å². The number of nitrogens with one attached hydrogen (secondary N) is 1. The second-order valence-electron chi connectivity index (χ2n) is 6.18. The van der Waals surface area contributed by atoms with Crippen LogP contribution in [-0.4, -0.2) is 20.3 Å². The fourth-order valence-electron chi connectivity index (χ4n) is 2.59. The van der Waals surface area contributed by atoms with Gasteiger partial charge in [0.05, 0.1) is 15.5 Å². The van der Waals surface area contributed by atoms with Crippen LogP contribution in [0.1, 0.15) is 15.9 Å². The summed E-state index contributed by atoms with van der Waals surface area (Å²) >= 11 is 7.46. The molecule has 0 radical (unpaired) electrons. The summed E-state index contributed by atoms with van der Waals surface area (Å²) in [7, 11) is -4.34. The van der Waals surface area contributed by atoms with Crippen molar-refractivity contribution >= 4 is 51.0 Å². The van der Waals surface area contributed by atoms with Crippen LogP contribution in [0.4, 0.5) is 10.1 Å². The largest absolute Gasteiger partial charge is 1.00 e. The van der Waals surface area contributed by atoms with Crippen LogP contribution in [0.2, 0.25) is 5.02 Å². The van der Waals surface area contributed by atoms with E-state index in [2.05, 4.69) is 9.71 Å². The van der Waals surface area contributed by atoms with E-state index in [1.165, 1.54) is 48.1 Å². The summed E-state index contributed by atoms with van der Waals surface area (Å²) in [6, 6.07) is 18.1. The summed E-state index contributed by atoms with van der Waals surface area (Å²) in [6.45, 7) is 0. The number of carbonyl (C=O) groups is 1. The SMILES string of the molecule is [K+].[N-]=C=NS(=O)(=O)c1cc(C(=O)Nc2ccc(F)cc2)c(Cl)cc1SCc1ccccc1. The van der Waals surface area contributed by atoms with Gasteiger partial charge in [0.1, 0.15) is 5.82 Å². The number of rotatable bonds is 7. The molecular formula is C21H14ClFKN3O3S2. The summed E-state index contributed by atoms with van der Waals surface area (Å²) in [5, 5.41) is 11.3. The average molecular weight is 514 g/mol. The first-order valence-corrected chi connectivity index (χ1v) is 11.5. The Labute approximate surface area is 236 Å². The van der Waals surface area contributed by atoms with E-state index in [0.29, 0.717) is 11.4 Å². The Bertz CT molecular complexity index is 1270. The third kappa shape index (κ3) is 7.08. The molecular weight excluding hydrogens is 500 g/mol. The zero-order chi connectivity index (χ0) is 22.4. The number of hydrogen-bond acceptors (Lipinski definition) is 4. The first kappa shape index (κ1) is 26.9. The van der Waals surface area contributed by atoms with Crippen LogP contribution in [0.3, 0.4) is 0 Å². The number of benzene rings is 3. The molecule has 0 aliphatic heterocycles. The molecule has 0 saturated heterocycles. The van der Waals surface area contributed by atoms with Crippen LogP contribution < -0.4 is 56.7 Å². The molecule has 0 aliphatic rings. The first-order valence-electron chi connectivity index (χ1n) is 8.73. The van der Waals surface area contributed by atoms with E-state index >= 15 is 0 Å². The number of anilines is 1. The molecule has 6 nitrogen and oxygen atoms in total. The van der Waals surface area contributed by atoms with Crippen LogP contribution >= 0.6 is 23.4 Å². The molecule has 0 fully saturated rings. The zero-order valence-corrected chi connectivity index (χ0v) is 22.3. The van der Waals surface area contributed by atoms with Crippen LogP contribution in [0.5, 0.6) is 0 Å². The van der Waals surface area contributed by atoms with Crippen molar-refractivity contribution in [3.8, 4) is 0 Å². The van der Waals surface area contributed by atoms with Crippen molar-refractivity contribution in [2.45, 2.75) is 15.5 Å². The molecule has 3 aromatic carbocycles. The number of amides is 1. The molecule has 158 valence electrons. The Morgan fingerprint density at radius 3 is 2.41 bits per heavy atom. The first-order chi connectivity index (χ1) is 14.8. The predicted octanol–water partition coefficient (Wildman–Crippen LogP) is 2.46. The van der Waals surface area contributed by atoms with Crippen LogP contribution in [0.25, 0.3) is 5.41 Å². The maximum atomic E-state index is 13.1. The van der Waals surface area contributed by atoms with Crippen molar-refractivity contribution in [2.24, 2.45) is 4.40 Å². The molecule has 0 saturated carbocycles. The van der Waals surface area contributed by atoms with E-state index in [0.717, 1.165) is 11.6 Å². The van der Waals surface area contributed by atoms with Gasteiger partial charge in [-0.2, -0.15) is 0 Å². The second-order valence-corrected chi connectivity index (χ2v) is 9.18. The number of carbonyl (C=O) groups excluding carboxylic acids is 1. The maximum absolute atomic E-state index is 13.1. The van der Waals surface area contributed by atoms with Crippen molar-refractivity contribution in [1.29, 1.82) is 0 Å². The molecule has 1 N–H and O–H groups in total. The average Bonchev–Trinajstić information content (AvgIpc) is 2.74. The van der Waals surface area contributed by atoms with Crippen molar-refractivity contribution in [3.05, 3.63) is 94.1 Å². The summed E-state index contributed by atoms with van der Waals surface area (Å²) in [5.74, 6) is -0.722. The van der Waals surface area contributed by atoms with Gasteiger partial charge in [0.15, 0.2) is 0 Å². The Morgan fingerprint density at radius 1 is 1.12 bits per heavy atom. The molecule has 1 amide bonds. The van der Waals surface area contributed by atoms with Gasteiger partial charge in [-0.3, -0.25) is 4.79 Å². The molecule has 0 aliphatic carbocycles. The minimum Gasteiger partial charge on any atom is -0.422 e. The Hall–Kier alpha value is -1.33. The standard InChI is InChI=1S/C21H14ClFN3O3S2.K/c22-18-11-19(30-12-14-4-2-1-3-5-14)20(31(28,29)25-13-24)10-17(18)21(27)26-16-8-6-15(23)7-9-16;/h1-11H,12H2,(H,26,27);/q-1;+1. The number of sulfonamides is 1. The van der Waals surface area contributed by atoms with Gasteiger partial charge in [0.25, 0.3) is 5.91 Å². The normalized spacial score (nSPS) is 10.6. The number of thioether (sulfide) groups is 1. The zero-order valence-electron chi connectivity index (χ0n) is 16.7. The third-order valence-corrected chi connectivity index (χ3v) is 6.84. The molecule has 0 spiro atoms. The van der Waals surface area contributed by atoms with Gasteiger partial charge in [0, 0.05) is 16.3 Å². The van der Waals surface area contributed by atoms with Gasteiger partial charge in [-0.1, -0.05) is 41.9 Å². The summed E-state index contributed by atoms with van der Waals surface area (Å²) in [6.07, 6.45) is 0. The minimum atomic E-state index is -4.34. The third-order valence-electron chi connectivity index (χ3n) is 4.06. The molecule has 0 unspecified atom stereocenters. The fourth-order valence-corrected chi connectivity index (χ4v) is 5.10. The van der Waals surface area contributed by atoms with E-state index in [-0.39, 0.29) is 71.8 Å². The monoisotopic (exact) mass is 513 g/mol. The van der Waals surface area contributed by atoms with Crippen molar-refractivity contribution < 1.29 is 69.0 Å². The number of halogens is 2. The predicted molar refractivity (Wildman–Crippen MR) is 120 cm³/mol. The summed E-state index contributed by atoms with van der Waals surface area (Å²) in [5.41, 5.74) is 1.13. The molecule has 3 aromatic rings. The van der Waals surface area contributed by atoms with E-state index in [1.807, 2.05) is 30.3 Å². The van der Waals surface area contributed by atoms with Crippen molar-refractivity contribution in [1.82, 2.24) is 0 Å². The van der Waals surface area contributed by atoms with Gasteiger partial charge in [-0.05, 0) is 42.0 Å². The van der Waals surface area contributed by atoms with E-state index in [1.54, 1.807) is 0 Å². The van der Waals surface area contributed by atoms with E-state index in [9.17, 15) is 17.6 Å². The summed E-state index contributed by atoms with van der Waals surface area (Å²) < 4.78 is 41.1. The second kappa shape index (κ2) is 12.2. The van der Waals surface area contributed by atoms with Gasteiger partial charge in [-0.25, -0.2) is 12.8 Å². The molecule has 32 heavy (non-hydrogen) atoms. The minimum absolute atomic E-state index is 0. The molecule has 0 heterocycles. The molecule has 0 aromatic heterocycles. The Balaban J connectivity index is 0.00000363. The molecule has 11 heteroatoms. The van der Waals surface area contributed by atoms with Crippen LogP contribution in [0.15, 0.2) is 80.9 Å². The van der Waals surface area contributed by atoms with Crippen LogP contribution in [-0.2, 0) is 15.8 Å². The molecule has 0 atom stereocenters. The van der Waals surface area contributed by atoms with E-state index < -0.39 is 21.7 Å². The van der Waals surface area contributed by atoms with Gasteiger partial charge >= 0.3 is 51.4 Å². The summed E-state index contributed by atoms with van der Waals surface area (Å²) in [4.78, 5) is 12.6. The van der Waals surface area contributed by atoms with E-state index in [4.69, 9.17) is 17.0 Å². The van der Waals surface area contributed by atoms with Crippen molar-refractivity contribution in [2.75, 3.05) is 5.32 Å². The fraction of sp³-hybridized carbons (Fsp3) is 0.0476. The molecule has 0 bridgehead atoms. The maximum Gasteiger partial charge on any atom is 1.00 e. The number of hydrogen-bond donors (Lipinski definition) is 1. The smallest absolute Gasteiger partial charge is 0.422 e. The Kier molecular flexibility index (Phi) is 10.3. The topological polar surface area (TPSA) is 97.9 Å². The van der Waals surface area contributed by atoms with Gasteiger partial charge in [0.2, 0.25) is 10.0 Å². The van der Waals surface area contributed by atoms with Gasteiger partial charge < -0.3 is 15.1 Å². The quantitative estimate of drug-likeness (QED) is 0.298. The van der Waals surface area contributed by atoms with Crippen molar-refractivity contribution in [3.63, 3.8) is 0 Å². The number of nitrogens with zero attached hydrogens (tertiary/aromatic N) is 2. The van der Waals surface area contributed by atoms with Gasteiger partial charge in [-0.15, -0.1) is 17.8 Å².